The lowest BCUT2D eigenvalue weighted by molar-refractivity contribution is 0.104. The Labute approximate surface area is 99.9 Å². The summed E-state index contributed by atoms with van der Waals surface area (Å²) in [6.45, 7) is 0. The summed E-state index contributed by atoms with van der Waals surface area (Å²) in [6.07, 6.45) is 0. The third-order valence-corrected chi connectivity index (χ3v) is 3.63. The van der Waals surface area contributed by atoms with E-state index in [0.29, 0.717) is 16.1 Å². The van der Waals surface area contributed by atoms with Crippen molar-refractivity contribution in [3.8, 4) is 0 Å². The van der Waals surface area contributed by atoms with Gasteiger partial charge in [0.1, 0.15) is 0 Å². The summed E-state index contributed by atoms with van der Waals surface area (Å²) in [6, 6.07) is 10.9. The van der Waals surface area contributed by atoms with E-state index >= 15 is 0 Å². The molecule has 0 aliphatic carbocycles. The summed E-state index contributed by atoms with van der Waals surface area (Å²) in [5.41, 5.74) is 6.93. The molecule has 0 amide bonds. The van der Waals surface area contributed by atoms with Crippen LogP contribution in [0.25, 0.3) is 0 Å². The highest BCUT2D eigenvalue weighted by Crippen LogP contribution is 2.30. The van der Waals surface area contributed by atoms with Gasteiger partial charge in [-0.05, 0) is 22.0 Å². The summed E-state index contributed by atoms with van der Waals surface area (Å²) < 4.78 is 0.874. The van der Waals surface area contributed by atoms with Crippen molar-refractivity contribution in [1.29, 1.82) is 0 Å². The second-order valence-electron chi connectivity index (χ2n) is 3.03. The van der Waals surface area contributed by atoms with Crippen molar-refractivity contribution >= 4 is 38.7 Å². The second-order valence-corrected chi connectivity index (χ2v) is 5.46. The van der Waals surface area contributed by atoms with Crippen molar-refractivity contribution in [3.05, 3.63) is 50.6 Å². The molecule has 4 heteroatoms. The molecular formula is C11H8BrNOS. The van der Waals surface area contributed by atoms with E-state index < -0.39 is 0 Å². The van der Waals surface area contributed by atoms with Gasteiger partial charge in [-0.15, -0.1) is 11.3 Å². The lowest BCUT2D eigenvalue weighted by Crippen LogP contribution is -2.01. The number of halogens is 1. The van der Waals surface area contributed by atoms with Gasteiger partial charge in [0.2, 0.25) is 5.78 Å². The summed E-state index contributed by atoms with van der Waals surface area (Å²) in [5.74, 6) is -0.0243. The highest BCUT2D eigenvalue weighted by molar-refractivity contribution is 9.11. The molecule has 1 aromatic carbocycles. The molecule has 0 fully saturated rings. The minimum atomic E-state index is -0.0243. The summed E-state index contributed by atoms with van der Waals surface area (Å²) >= 11 is 4.67. The minimum absolute atomic E-state index is 0.0243. The first-order valence-electron chi connectivity index (χ1n) is 4.33. The predicted octanol–water partition coefficient (Wildman–Crippen LogP) is 3.32. The van der Waals surface area contributed by atoms with Crippen LogP contribution in [0.5, 0.6) is 0 Å². The summed E-state index contributed by atoms with van der Waals surface area (Å²) in [5, 5.41) is 0. The van der Waals surface area contributed by atoms with Gasteiger partial charge < -0.3 is 5.73 Å². The molecule has 1 aromatic heterocycles. The van der Waals surface area contributed by atoms with Gasteiger partial charge in [-0.25, -0.2) is 0 Å². The molecule has 76 valence electrons. The highest BCUT2D eigenvalue weighted by atomic mass is 79.9. The molecule has 2 N–H and O–H groups in total. The van der Waals surface area contributed by atoms with Gasteiger partial charge in [0.25, 0.3) is 0 Å². The number of ketones is 1. The van der Waals surface area contributed by atoms with Gasteiger partial charge in [-0.3, -0.25) is 4.79 Å². The molecule has 0 radical (unpaired) electrons. The van der Waals surface area contributed by atoms with Crippen molar-refractivity contribution in [2.75, 3.05) is 5.73 Å². The van der Waals surface area contributed by atoms with Crippen molar-refractivity contribution in [3.63, 3.8) is 0 Å². The Hall–Kier alpha value is -1.13. The highest BCUT2D eigenvalue weighted by Gasteiger charge is 2.14. The average molecular weight is 282 g/mol. The van der Waals surface area contributed by atoms with Gasteiger partial charge in [0.05, 0.1) is 14.4 Å². The van der Waals surface area contributed by atoms with Crippen molar-refractivity contribution in [2.45, 2.75) is 0 Å². The van der Waals surface area contributed by atoms with E-state index in [-0.39, 0.29) is 5.78 Å². The van der Waals surface area contributed by atoms with E-state index in [1.54, 1.807) is 18.2 Å². The molecule has 2 aromatic rings. The molecule has 0 bridgehead atoms. The van der Waals surface area contributed by atoms with E-state index in [1.807, 2.05) is 18.2 Å². The fourth-order valence-electron chi connectivity index (χ4n) is 1.27. The van der Waals surface area contributed by atoms with Crippen LogP contribution in [0.4, 0.5) is 5.69 Å². The van der Waals surface area contributed by atoms with Crippen LogP contribution in [0.1, 0.15) is 15.2 Å². The van der Waals surface area contributed by atoms with Gasteiger partial charge in [-0.2, -0.15) is 0 Å². The standard InChI is InChI=1S/C11H8BrNOS/c12-9-6-8(13)11(15-9)10(14)7-4-2-1-3-5-7/h1-6H,13H2. The molecular weight excluding hydrogens is 274 g/mol. The summed E-state index contributed by atoms with van der Waals surface area (Å²) in [7, 11) is 0. The first-order chi connectivity index (χ1) is 7.18. The number of carbonyl (C=O) groups is 1. The van der Waals surface area contributed by atoms with Crippen LogP contribution >= 0.6 is 27.3 Å². The average Bonchev–Trinajstić information content (AvgIpc) is 2.58. The van der Waals surface area contributed by atoms with Gasteiger partial charge in [0.15, 0.2) is 0 Å². The summed E-state index contributed by atoms with van der Waals surface area (Å²) in [4.78, 5) is 12.6. The number of carbonyl (C=O) groups excluding carboxylic acids is 1. The Balaban J connectivity index is 2.41. The molecule has 0 spiro atoms. The van der Waals surface area contributed by atoms with E-state index in [4.69, 9.17) is 5.73 Å². The van der Waals surface area contributed by atoms with Crippen LogP contribution in [0.3, 0.4) is 0 Å². The monoisotopic (exact) mass is 281 g/mol. The number of hydrogen-bond donors (Lipinski definition) is 1. The lowest BCUT2D eigenvalue weighted by atomic mass is 10.1. The van der Waals surface area contributed by atoms with E-state index in [9.17, 15) is 4.79 Å². The number of rotatable bonds is 2. The topological polar surface area (TPSA) is 43.1 Å². The minimum Gasteiger partial charge on any atom is -0.397 e. The fourth-order valence-corrected chi connectivity index (χ4v) is 2.77. The zero-order valence-corrected chi connectivity index (χ0v) is 10.1. The molecule has 15 heavy (non-hydrogen) atoms. The predicted molar refractivity (Wildman–Crippen MR) is 66.3 cm³/mol. The Bertz CT molecular complexity index is 493. The van der Waals surface area contributed by atoms with Crippen LogP contribution in [-0.2, 0) is 0 Å². The lowest BCUT2D eigenvalue weighted by Gasteiger charge is -1.98. The maximum Gasteiger partial charge on any atom is 0.205 e. The zero-order chi connectivity index (χ0) is 10.8. The number of hydrogen-bond acceptors (Lipinski definition) is 3. The maximum absolute atomic E-state index is 12.0. The molecule has 2 rings (SSSR count). The van der Waals surface area contributed by atoms with Crippen LogP contribution < -0.4 is 5.73 Å². The van der Waals surface area contributed by atoms with Crippen LogP contribution in [-0.4, -0.2) is 5.78 Å². The number of nitrogen functional groups attached to an aromatic ring is 1. The molecule has 0 saturated carbocycles. The van der Waals surface area contributed by atoms with Crippen molar-refractivity contribution in [1.82, 2.24) is 0 Å². The number of anilines is 1. The zero-order valence-electron chi connectivity index (χ0n) is 7.74. The van der Waals surface area contributed by atoms with E-state index in [0.717, 1.165) is 3.79 Å². The Morgan fingerprint density at radius 3 is 2.47 bits per heavy atom. The Morgan fingerprint density at radius 1 is 1.27 bits per heavy atom. The number of benzene rings is 1. The molecule has 0 atom stereocenters. The molecule has 0 aliphatic rings. The molecule has 0 aliphatic heterocycles. The van der Waals surface area contributed by atoms with Crippen molar-refractivity contribution in [2.24, 2.45) is 0 Å². The van der Waals surface area contributed by atoms with Gasteiger partial charge in [0, 0.05) is 5.56 Å². The van der Waals surface area contributed by atoms with E-state index in [1.165, 1.54) is 11.3 Å². The number of nitrogens with two attached hydrogens (primary N) is 1. The van der Waals surface area contributed by atoms with Crippen LogP contribution in [0.15, 0.2) is 40.2 Å². The van der Waals surface area contributed by atoms with Crippen LogP contribution in [0.2, 0.25) is 0 Å². The molecule has 1 heterocycles. The normalized spacial score (nSPS) is 10.2. The maximum atomic E-state index is 12.0. The Morgan fingerprint density at radius 2 is 1.93 bits per heavy atom. The van der Waals surface area contributed by atoms with Gasteiger partial charge >= 0.3 is 0 Å². The van der Waals surface area contributed by atoms with E-state index in [2.05, 4.69) is 15.9 Å². The second kappa shape index (κ2) is 4.16. The Kier molecular flexibility index (Phi) is 2.88. The van der Waals surface area contributed by atoms with Crippen molar-refractivity contribution < 1.29 is 4.79 Å². The number of thiophene rings is 1. The van der Waals surface area contributed by atoms with Gasteiger partial charge in [-0.1, -0.05) is 30.3 Å². The quantitative estimate of drug-likeness (QED) is 0.858. The first kappa shape index (κ1) is 10.4. The molecule has 0 saturated heterocycles. The fraction of sp³-hybridized carbons (Fsp3) is 0. The SMILES string of the molecule is Nc1cc(Br)sc1C(=O)c1ccccc1. The van der Waals surface area contributed by atoms with Crippen LogP contribution in [0, 0.1) is 0 Å². The molecule has 2 nitrogen and oxygen atoms in total. The first-order valence-corrected chi connectivity index (χ1v) is 5.94. The third-order valence-electron chi connectivity index (χ3n) is 1.97. The molecule has 0 unspecified atom stereocenters. The third kappa shape index (κ3) is 2.11. The largest absolute Gasteiger partial charge is 0.397 e. The smallest absolute Gasteiger partial charge is 0.205 e.